The zero-order chi connectivity index (χ0) is 31.9. The van der Waals surface area contributed by atoms with Crippen molar-refractivity contribution in [2.75, 3.05) is 28.4 Å². The van der Waals surface area contributed by atoms with Gasteiger partial charge in [0.25, 0.3) is 0 Å². The summed E-state index contributed by atoms with van der Waals surface area (Å²) in [5, 5.41) is 19.8. The summed E-state index contributed by atoms with van der Waals surface area (Å²) in [6, 6.07) is 26.5. The van der Waals surface area contributed by atoms with Gasteiger partial charge in [-0.25, -0.2) is 0 Å². The van der Waals surface area contributed by atoms with Crippen LogP contribution in [0.4, 0.5) is 0 Å². The van der Waals surface area contributed by atoms with Gasteiger partial charge in [-0.15, -0.1) is 13.2 Å². The quantitative estimate of drug-likeness (QED) is 0.149. The highest BCUT2D eigenvalue weighted by Gasteiger charge is 2.18. The molecule has 0 aliphatic rings. The highest BCUT2D eigenvalue weighted by molar-refractivity contribution is 5.55. The summed E-state index contributed by atoms with van der Waals surface area (Å²) in [5.41, 5.74) is 3.36. The van der Waals surface area contributed by atoms with Crippen molar-refractivity contribution in [1.29, 1.82) is 0 Å². The number of hydrogen-bond acceptors (Lipinski definition) is 8. The van der Waals surface area contributed by atoms with Gasteiger partial charge in [-0.05, 0) is 46.5 Å². The summed E-state index contributed by atoms with van der Waals surface area (Å²) in [7, 11) is 6.20. The van der Waals surface area contributed by atoms with Crippen LogP contribution in [0.15, 0.2) is 110 Å². The molecular weight excluding hydrogens is 560 g/mol. The van der Waals surface area contributed by atoms with Crippen molar-refractivity contribution < 1.29 is 38.6 Å². The Morgan fingerprint density at radius 1 is 0.545 bits per heavy atom. The van der Waals surface area contributed by atoms with E-state index in [0.717, 1.165) is 11.1 Å². The van der Waals surface area contributed by atoms with E-state index in [1.165, 1.54) is 12.2 Å². The van der Waals surface area contributed by atoms with E-state index in [2.05, 4.69) is 13.2 Å². The first-order valence-corrected chi connectivity index (χ1v) is 13.8. The van der Waals surface area contributed by atoms with E-state index in [4.69, 9.17) is 28.4 Å². The molecule has 0 saturated carbocycles. The lowest BCUT2D eigenvalue weighted by atomic mass is 10.1. The maximum atomic E-state index is 9.90. The fraction of sp³-hybridized carbons (Fsp3) is 0.222. The first kappa shape index (κ1) is 33.6. The Bertz CT molecular complexity index is 1310. The number of hydrogen-bond donors (Lipinski definition) is 2. The summed E-state index contributed by atoms with van der Waals surface area (Å²) in [6.07, 6.45) is 1.31. The Balaban J connectivity index is 0.000000240. The second kappa shape index (κ2) is 17.3. The topological polar surface area (TPSA) is 95.8 Å². The van der Waals surface area contributed by atoms with Crippen molar-refractivity contribution in [2.45, 2.75) is 25.4 Å². The van der Waals surface area contributed by atoms with Crippen LogP contribution in [-0.2, 0) is 13.2 Å². The molecule has 0 saturated heterocycles. The average molecular weight is 601 g/mol. The largest absolute Gasteiger partial charge is 0.493 e. The molecule has 2 N–H and O–H groups in total. The third-order valence-corrected chi connectivity index (χ3v) is 6.55. The molecule has 0 heterocycles. The van der Waals surface area contributed by atoms with Crippen LogP contribution in [0, 0.1) is 0 Å². The summed E-state index contributed by atoms with van der Waals surface area (Å²) in [6.45, 7) is 7.97. The van der Waals surface area contributed by atoms with Gasteiger partial charge in [0.15, 0.2) is 23.0 Å². The van der Waals surface area contributed by atoms with Crippen LogP contribution in [0.2, 0.25) is 0 Å². The molecule has 0 amide bonds. The fourth-order valence-electron chi connectivity index (χ4n) is 4.16. The van der Waals surface area contributed by atoms with E-state index in [1.54, 1.807) is 52.7 Å². The number of aliphatic hydroxyl groups is 2. The van der Waals surface area contributed by atoms with E-state index < -0.39 is 12.2 Å². The van der Waals surface area contributed by atoms with Crippen LogP contribution in [-0.4, -0.2) is 38.7 Å². The van der Waals surface area contributed by atoms with Gasteiger partial charge in [-0.3, -0.25) is 0 Å². The fourth-order valence-corrected chi connectivity index (χ4v) is 4.16. The lowest BCUT2D eigenvalue weighted by molar-refractivity contribution is 0.225. The molecule has 8 heteroatoms. The molecule has 44 heavy (non-hydrogen) atoms. The van der Waals surface area contributed by atoms with E-state index in [9.17, 15) is 10.2 Å². The van der Waals surface area contributed by atoms with Crippen molar-refractivity contribution in [1.82, 2.24) is 0 Å². The van der Waals surface area contributed by atoms with Crippen molar-refractivity contribution >= 4 is 0 Å². The first-order chi connectivity index (χ1) is 21.4. The number of benzene rings is 4. The van der Waals surface area contributed by atoms with Gasteiger partial charge in [0.1, 0.15) is 13.2 Å². The summed E-state index contributed by atoms with van der Waals surface area (Å²) < 4.78 is 33.1. The minimum atomic E-state index is -0.786. The molecule has 0 aliphatic heterocycles. The van der Waals surface area contributed by atoms with Gasteiger partial charge in [0, 0.05) is 0 Å². The molecule has 0 bridgehead atoms. The van der Waals surface area contributed by atoms with Gasteiger partial charge >= 0.3 is 0 Å². The first-order valence-electron chi connectivity index (χ1n) is 13.8. The van der Waals surface area contributed by atoms with E-state index in [0.29, 0.717) is 58.8 Å². The highest BCUT2D eigenvalue weighted by atomic mass is 16.5. The molecule has 8 nitrogen and oxygen atoms in total. The summed E-state index contributed by atoms with van der Waals surface area (Å²) >= 11 is 0. The number of aliphatic hydroxyl groups excluding tert-OH is 2. The third-order valence-electron chi connectivity index (χ3n) is 6.55. The van der Waals surface area contributed by atoms with Crippen LogP contribution >= 0.6 is 0 Å². The molecule has 0 fully saturated rings. The zero-order valence-corrected chi connectivity index (χ0v) is 25.6. The minimum absolute atomic E-state index is 0.400. The standard InChI is InChI=1S/2C18H20O4/c2*1-4-15(19)14-10-16(20-2)18(17(11-14)21-3)22-12-13-8-6-5-7-9-13/h2*4-11,15,19H,1,12H2,2-3H3. The monoisotopic (exact) mass is 600 g/mol. The molecular formula is C36H40O8. The van der Waals surface area contributed by atoms with Gasteiger partial charge in [0.05, 0.1) is 40.6 Å². The van der Waals surface area contributed by atoms with Gasteiger partial charge in [-0.2, -0.15) is 0 Å². The van der Waals surface area contributed by atoms with Gasteiger partial charge < -0.3 is 38.6 Å². The Morgan fingerprint density at radius 2 is 0.841 bits per heavy atom. The molecule has 4 aromatic carbocycles. The SMILES string of the molecule is C=CC(O)c1cc(OC)c(OCc2ccccc2)c(OC)c1.C=CC(O)c1cc(OC)c(OCc2ccccc2)c(OC)c1. The molecule has 4 rings (SSSR count). The van der Waals surface area contributed by atoms with E-state index in [1.807, 2.05) is 60.7 Å². The van der Waals surface area contributed by atoms with Crippen LogP contribution < -0.4 is 28.4 Å². The van der Waals surface area contributed by atoms with Gasteiger partial charge in [0.2, 0.25) is 11.5 Å². The van der Waals surface area contributed by atoms with Gasteiger partial charge in [-0.1, -0.05) is 72.8 Å². The predicted molar refractivity (Wildman–Crippen MR) is 171 cm³/mol. The van der Waals surface area contributed by atoms with Crippen molar-refractivity contribution in [3.63, 3.8) is 0 Å². The highest BCUT2D eigenvalue weighted by Crippen LogP contribution is 2.41. The molecule has 0 aliphatic carbocycles. The summed E-state index contributed by atoms with van der Waals surface area (Å²) in [4.78, 5) is 0. The molecule has 4 aromatic rings. The van der Waals surface area contributed by atoms with Crippen LogP contribution in [0.1, 0.15) is 34.5 Å². The molecule has 232 valence electrons. The molecule has 2 atom stereocenters. The zero-order valence-electron chi connectivity index (χ0n) is 25.6. The second-order valence-electron chi connectivity index (χ2n) is 9.42. The predicted octanol–water partition coefficient (Wildman–Crippen LogP) is 7.00. The maximum Gasteiger partial charge on any atom is 0.203 e. The Labute approximate surface area is 259 Å². The lowest BCUT2D eigenvalue weighted by Crippen LogP contribution is -2.02. The Hall–Kier alpha value is -4.92. The maximum absolute atomic E-state index is 9.90. The number of rotatable bonds is 14. The van der Waals surface area contributed by atoms with E-state index in [-0.39, 0.29) is 0 Å². The Kier molecular flexibility index (Phi) is 13.2. The molecule has 0 radical (unpaired) electrons. The third kappa shape index (κ3) is 9.04. The molecule has 2 unspecified atom stereocenters. The minimum Gasteiger partial charge on any atom is -0.493 e. The number of methoxy groups -OCH3 is 4. The van der Waals surface area contributed by atoms with Crippen molar-refractivity contribution in [3.8, 4) is 34.5 Å². The molecule has 0 spiro atoms. The van der Waals surface area contributed by atoms with E-state index >= 15 is 0 Å². The second-order valence-corrected chi connectivity index (χ2v) is 9.42. The normalized spacial score (nSPS) is 11.6. The smallest absolute Gasteiger partial charge is 0.203 e. The lowest BCUT2D eigenvalue weighted by Gasteiger charge is -2.17. The average Bonchev–Trinajstić information content (AvgIpc) is 3.09. The summed E-state index contributed by atoms with van der Waals surface area (Å²) in [5.74, 6) is 3.04. The van der Waals surface area contributed by atoms with Crippen LogP contribution in [0.5, 0.6) is 34.5 Å². The Morgan fingerprint density at radius 3 is 1.09 bits per heavy atom. The van der Waals surface area contributed by atoms with Crippen LogP contribution in [0.3, 0.4) is 0 Å². The van der Waals surface area contributed by atoms with Crippen molar-refractivity contribution in [2.24, 2.45) is 0 Å². The molecule has 0 aromatic heterocycles. The van der Waals surface area contributed by atoms with Crippen LogP contribution in [0.25, 0.3) is 0 Å². The van der Waals surface area contributed by atoms with Crippen molar-refractivity contribution in [3.05, 3.63) is 132 Å². The number of ether oxygens (including phenoxy) is 6.